The van der Waals surface area contributed by atoms with Gasteiger partial charge in [0.15, 0.2) is 0 Å². The molecule has 0 bridgehead atoms. The number of fused-ring (bicyclic) bond motifs is 1. The van der Waals surface area contributed by atoms with Crippen LogP contribution in [0.4, 0.5) is 4.79 Å². The number of rotatable bonds is 5. The summed E-state index contributed by atoms with van der Waals surface area (Å²) in [5, 5.41) is 15.4. The van der Waals surface area contributed by atoms with Crippen molar-refractivity contribution in [2.45, 2.75) is 64.2 Å². The van der Waals surface area contributed by atoms with Crippen molar-refractivity contribution in [3.8, 4) is 34.2 Å². The fraction of sp³-hybridized carbons (Fsp3) is 0.452. The number of nitrogens with zero attached hydrogens (tertiary/aromatic N) is 6. The summed E-state index contributed by atoms with van der Waals surface area (Å²) in [6.45, 7) is 8.21. The van der Waals surface area contributed by atoms with Gasteiger partial charge < -0.3 is 24.1 Å². The van der Waals surface area contributed by atoms with Crippen LogP contribution < -0.4 is 4.74 Å². The molecular formula is C31H35N7O4. The Kier molecular flexibility index (Phi) is 7.56. The average Bonchev–Trinajstić information content (AvgIpc) is 3.65. The molecule has 11 heteroatoms. The van der Waals surface area contributed by atoms with Crippen LogP contribution >= 0.6 is 0 Å². The third kappa shape index (κ3) is 5.94. The molecule has 4 aromatic heterocycles. The first-order valence-corrected chi connectivity index (χ1v) is 14.4. The molecule has 6 heterocycles. The molecular weight excluding hydrogens is 534 g/mol. The molecule has 218 valence electrons. The molecule has 0 aromatic carbocycles. The predicted octanol–water partition coefficient (Wildman–Crippen LogP) is 5.49. The Morgan fingerprint density at radius 2 is 1.81 bits per heavy atom. The van der Waals surface area contributed by atoms with E-state index in [0.717, 1.165) is 59.0 Å². The number of aromatic nitrogens is 5. The standard InChI is InChI=1S/C31H35N7O4/c1-31(2,3)42-30(39)37-8-4-24(5-9-37)38-19-23(17-36-38)21-13-26-27(18-34-28(26)33-15-21)22-12-20(14-32)29(35-16-22)41-25-6-10-40-11-7-25/h12-13,15-19,24-25H,4-11H2,1-3H3,(H,33,34). The number of hydrogen-bond acceptors (Lipinski definition) is 8. The highest BCUT2D eigenvalue weighted by Crippen LogP contribution is 2.33. The van der Waals surface area contributed by atoms with Crippen molar-refractivity contribution in [1.82, 2.24) is 29.6 Å². The number of ether oxygens (including phenoxy) is 3. The monoisotopic (exact) mass is 569 g/mol. The Morgan fingerprint density at radius 1 is 1.05 bits per heavy atom. The normalized spacial score (nSPS) is 16.9. The molecule has 2 saturated heterocycles. The van der Waals surface area contributed by atoms with Gasteiger partial charge >= 0.3 is 6.09 Å². The minimum atomic E-state index is -0.504. The SMILES string of the molecule is CC(C)(C)OC(=O)N1CCC(n2cc(-c3cnc4[nH]cc(-c5cnc(OC6CCOCC6)c(C#N)c5)c4c3)cn2)CC1. The fourth-order valence-corrected chi connectivity index (χ4v) is 5.45. The Morgan fingerprint density at radius 3 is 2.55 bits per heavy atom. The summed E-state index contributed by atoms with van der Waals surface area (Å²) < 4.78 is 19.0. The van der Waals surface area contributed by atoms with E-state index in [9.17, 15) is 10.1 Å². The molecule has 11 nitrogen and oxygen atoms in total. The molecule has 0 spiro atoms. The lowest BCUT2D eigenvalue weighted by atomic mass is 10.0. The number of aromatic amines is 1. The van der Waals surface area contributed by atoms with Crippen LogP contribution in [0.2, 0.25) is 0 Å². The Hall–Kier alpha value is -4.43. The highest BCUT2D eigenvalue weighted by atomic mass is 16.6. The third-order valence-corrected chi connectivity index (χ3v) is 7.69. The van der Waals surface area contributed by atoms with E-state index in [-0.39, 0.29) is 18.2 Å². The van der Waals surface area contributed by atoms with E-state index in [1.54, 1.807) is 11.1 Å². The first kappa shape index (κ1) is 27.7. The minimum Gasteiger partial charge on any atom is -0.473 e. The number of pyridine rings is 2. The molecule has 6 rings (SSSR count). The topological polar surface area (TPSA) is 131 Å². The third-order valence-electron chi connectivity index (χ3n) is 7.69. The smallest absolute Gasteiger partial charge is 0.410 e. The van der Waals surface area contributed by atoms with Crippen molar-refractivity contribution >= 4 is 17.1 Å². The molecule has 4 aromatic rings. The van der Waals surface area contributed by atoms with E-state index in [1.807, 2.05) is 56.3 Å². The van der Waals surface area contributed by atoms with Crippen LogP contribution in [-0.4, -0.2) is 73.7 Å². The number of carbonyl (C=O) groups excluding carboxylic acids is 1. The molecule has 1 amide bonds. The quantitative estimate of drug-likeness (QED) is 0.334. The van der Waals surface area contributed by atoms with Crippen molar-refractivity contribution in [2.24, 2.45) is 0 Å². The van der Waals surface area contributed by atoms with Crippen LogP contribution in [0.1, 0.15) is 58.1 Å². The maximum atomic E-state index is 12.4. The fourth-order valence-electron chi connectivity index (χ4n) is 5.45. The molecule has 0 saturated carbocycles. The lowest BCUT2D eigenvalue weighted by molar-refractivity contribution is 0.0184. The van der Waals surface area contributed by atoms with E-state index in [2.05, 4.69) is 32.2 Å². The van der Waals surface area contributed by atoms with Gasteiger partial charge in [-0.05, 0) is 45.7 Å². The molecule has 0 unspecified atom stereocenters. The van der Waals surface area contributed by atoms with Crippen LogP contribution in [0.3, 0.4) is 0 Å². The molecule has 0 radical (unpaired) electrons. The summed E-state index contributed by atoms with van der Waals surface area (Å²) in [7, 11) is 0. The zero-order chi connectivity index (χ0) is 29.3. The van der Waals surface area contributed by atoms with E-state index >= 15 is 0 Å². The second kappa shape index (κ2) is 11.4. The van der Waals surface area contributed by atoms with Crippen LogP contribution in [0.25, 0.3) is 33.3 Å². The number of nitriles is 1. The van der Waals surface area contributed by atoms with Gasteiger partial charge in [-0.25, -0.2) is 14.8 Å². The number of likely N-dealkylation sites (tertiary alicyclic amines) is 1. The van der Waals surface area contributed by atoms with Gasteiger partial charge in [-0.3, -0.25) is 4.68 Å². The highest BCUT2D eigenvalue weighted by molar-refractivity contribution is 5.95. The second-order valence-corrected chi connectivity index (χ2v) is 11.8. The summed E-state index contributed by atoms with van der Waals surface area (Å²) in [6, 6.07) is 6.34. The largest absolute Gasteiger partial charge is 0.473 e. The molecule has 42 heavy (non-hydrogen) atoms. The van der Waals surface area contributed by atoms with Crippen molar-refractivity contribution in [3.05, 3.63) is 48.7 Å². The van der Waals surface area contributed by atoms with Gasteiger partial charge in [-0.2, -0.15) is 10.4 Å². The number of hydrogen-bond donors (Lipinski definition) is 1. The van der Waals surface area contributed by atoms with Crippen LogP contribution in [0.15, 0.2) is 43.1 Å². The molecule has 0 aliphatic carbocycles. The summed E-state index contributed by atoms with van der Waals surface area (Å²) in [6.07, 6.45) is 12.3. The van der Waals surface area contributed by atoms with E-state index in [1.165, 1.54) is 0 Å². The minimum absolute atomic E-state index is 0.00230. The lowest BCUT2D eigenvalue weighted by Crippen LogP contribution is -2.42. The summed E-state index contributed by atoms with van der Waals surface area (Å²) >= 11 is 0. The van der Waals surface area contributed by atoms with Gasteiger partial charge in [-0.15, -0.1) is 0 Å². The van der Waals surface area contributed by atoms with Gasteiger partial charge in [0.05, 0.1) is 25.5 Å². The van der Waals surface area contributed by atoms with Crippen molar-refractivity contribution in [3.63, 3.8) is 0 Å². The maximum absolute atomic E-state index is 12.4. The van der Waals surface area contributed by atoms with E-state index in [4.69, 9.17) is 14.2 Å². The van der Waals surface area contributed by atoms with E-state index < -0.39 is 5.60 Å². The molecule has 2 aliphatic rings. The number of piperidine rings is 1. The predicted molar refractivity (Wildman–Crippen MR) is 156 cm³/mol. The van der Waals surface area contributed by atoms with Crippen molar-refractivity contribution < 1.29 is 19.0 Å². The first-order valence-electron chi connectivity index (χ1n) is 14.4. The molecule has 2 fully saturated rings. The number of nitrogens with one attached hydrogen (secondary N) is 1. The molecule has 2 aliphatic heterocycles. The Balaban J connectivity index is 1.18. The Bertz CT molecular complexity index is 1620. The van der Waals surface area contributed by atoms with Crippen molar-refractivity contribution in [2.75, 3.05) is 26.3 Å². The lowest BCUT2D eigenvalue weighted by Gasteiger charge is -2.33. The van der Waals surface area contributed by atoms with E-state index in [0.29, 0.717) is 37.7 Å². The first-order chi connectivity index (χ1) is 20.3. The molecule has 1 N–H and O–H groups in total. The second-order valence-electron chi connectivity index (χ2n) is 11.8. The molecule has 0 atom stereocenters. The zero-order valence-corrected chi connectivity index (χ0v) is 24.2. The van der Waals surface area contributed by atoms with Crippen LogP contribution in [0, 0.1) is 11.3 Å². The Labute approximate surface area is 244 Å². The average molecular weight is 570 g/mol. The van der Waals surface area contributed by atoms with Crippen LogP contribution in [0.5, 0.6) is 5.88 Å². The summed E-state index contributed by atoms with van der Waals surface area (Å²) in [5.74, 6) is 0.358. The highest BCUT2D eigenvalue weighted by Gasteiger charge is 2.28. The summed E-state index contributed by atoms with van der Waals surface area (Å²) in [5.41, 5.74) is 4.26. The number of H-pyrrole nitrogens is 1. The van der Waals surface area contributed by atoms with Gasteiger partial charge in [0.2, 0.25) is 5.88 Å². The van der Waals surface area contributed by atoms with Crippen LogP contribution in [-0.2, 0) is 9.47 Å². The zero-order valence-electron chi connectivity index (χ0n) is 24.2. The number of amides is 1. The van der Waals surface area contributed by atoms with Gasteiger partial charge in [-0.1, -0.05) is 0 Å². The van der Waals surface area contributed by atoms with Crippen molar-refractivity contribution in [1.29, 1.82) is 5.26 Å². The summed E-state index contributed by atoms with van der Waals surface area (Å²) in [4.78, 5) is 26.6. The van der Waals surface area contributed by atoms with Gasteiger partial charge in [0, 0.05) is 78.4 Å². The maximum Gasteiger partial charge on any atom is 0.410 e. The van der Waals surface area contributed by atoms with Gasteiger partial charge in [0.25, 0.3) is 0 Å². The van der Waals surface area contributed by atoms with Gasteiger partial charge in [0.1, 0.15) is 29.0 Å². The number of carbonyl (C=O) groups is 1.